The third kappa shape index (κ3) is 2.61. The van der Waals surface area contributed by atoms with Gasteiger partial charge in [-0.3, -0.25) is 4.79 Å². The molecule has 0 atom stereocenters. The van der Waals surface area contributed by atoms with E-state index in [-0.39, 0.29) is 0 Å². The third-order valence-corrected chi connectivity index (χ3v) is 1.44. The molecule has 18 heavy (non-hydrogen) atoms. The zero-order valence-corrected chi connectivity index (χ0v) is 7.80. The zero-order chi connectivity index (χ0) is 14.9. The standard InChI is InChI=1S/C6H2F9NO2/c7-1(8)2(9)18-6(14,15)5(12,13)4(10,11)3(16)17/h(H2,16,17). The van der Waals surface area contributed by atoms with E-state index in [1.807, 2.05) is 0 Å². The van der Waals surface area contributed by atoms with Gasteiger partial charge in [-0.1, -0.05) is 0 Å². The van der Waals surface area contributed by atoms with Gasteiger partial charge in [-0.05, 0) is 0 Å². The van der Waals surface area contributed by atoms with Crippen LogP contribution in [-0.4, -0.2) is 23.9 Å². The first kappa shape index (κ1) is 16.4. The highest BCUT2D eigenvalue weighted by Crippen LogP contribution is 2.47. The van der Waals surface area contributed by atoms with Crippen molar-refractivity contribution in [3.05, 3.63) is 12.1 Å². The van der Waals surface area contributed by atoms with Gasteiger partial charge in [0, 0.05) is 0 Å². The number of carbonyl (C=O) groups excluding carboxylic acids is 1. The quantitative estimate of drug-likeness (QED) is 0.624. The SMILES string of the molecule is NC(=O)C(F)(F)C(F)(F)C(F)(F)OC(F)=C(F)F. The fourth-order valence-corrected chi connectivity index (χ4v) is 0.553. The highest BCUT2D eigenvalue weighted by atomic mass is 19.4. The van der Waals surface area contributed by atoms with Crippen molar-refractivity contribution >= 4 is 5.91 Å². The predicted molar refractivity (Wildman–Crippen MR) is 35.5 cm³/mol. The number of carbonyl (C=O) groups is 1. The molecule has 0 rings (SSSR count). The molecule has 0 heterocycles. The minimum Gasteiger partial charge on any atom is -0.397 e. The van der Waals surface area contributed by atoms with Crippen molar-refractivity contribution in [2.24, 2.45) is 5.73 Å². The zero-order valence-electron chi connectivity index (χ0n) is 7.80. The van der Waals surface area contributed by atoms with E-state index in [4.69, 9.17) is 0 Å². The molecule has 2 N–H and O–H groups in total. The van der Waals surface area contributed by atoms with E-state index < -0.39 is 36.0 Å². The Labute approximate surface area is 92.0 Å². The van der Waals surface area contributed by atoms with E-state index in [1.165, 1.54) is 0 Å². The van der Waals surface area contributed by atoms with Crippen molar-refractivity contribution in [3.8, 4) is 0 Å². The normalized spacial score (nSPS) is 13.2. The van der Waals surface area contributed by atoms with Crippen molar-refractivity contribution in [2.75, 3.05) is 0 Å². The number of nitrogens with two attached hydrogens (primary N) is 1. The van der Waals surface area contributed by atoms with Gasteiger partial charge in [-0.2, -0.15) is 39.5 Å². The fourth-order valence-electron chi connectivity index (χ4n) is 0.553. The molecule has 0 aromatic carbocycles. The lowest BCUT2D eigenvalue weighted by molar-refractivity contribution is -0.383. The maximum atomic E-state index is 12.5. The first-order valence-electron chi connectivity index (χ1n) is 3.60. The van der Waals surface area contributed by atoms with Gasteiger partial charge in [0.1, 0.15) is 0 Å². The summed E-state index contributed by atoms with van der Waals surface area (Å²) in [6.07, 6.45) is -10.0. The third-order valence-electron chi connectivity index (χ3n) is 1.44. The molecule has 0 aliphatic carbocycles. The van der Waals surface area contributed by atoms with Crippen LogP contribution in [0.3, 0.4) is 0 Å². The van der Waals surface area contributed by atoms with Gasteiger partial charge < -0.3 is 10.5 Å². The second kappa shape index (κ2) is 4.57. The predicted octanol–water partition coefficient (Wildman–Crippen LogP) is 2.39. The van der Waals surface area contributed by atoms with E-state index in [0.29, 0.717) is 0 Å². The number of primary amides is 1. The molecule has 0 radical (unpaired) electrons. The molecule has 12 heteroatoms. The number of alkyl halides is 6. The molecule has 3 nitrogen and oxygen atoms in total. The van der Waals surface area contributed by atoms with Crippen LogP contribution in [0.1, 0.15) is 0 Å². The molecule has 0 bridgehead atoms. The minimum absolute atomic E-state index is 2.09. The van der Waals surface area contributed by atoms with Crippen molar-refractivity contribution in [3.63, 3.8) is 0 Å². The first-order valence-corrected chi connectivity index (χ1v) is 3.60. The molecule has 0 fully saturated rings. The van der Waals surface area contributed by atoms with Crippen LogP contribution in [0.4, 0.5) is 39.5 Å². The number of ether oxygens (including phenoxy) is 1. The van der Waals surface area contributed by atoms with Gasteiger partial charge in [0.2, 0.25) is 0 Å². The summed E-state index contributed by atoms with van der Waals surface area (Å²) in [6, 6.07) is -3.50. The summed E-state index contributed by atoms with van der Waals surface area (Å²) < 4.78 is 111. The molecule has 0 unspecified atom stereocenters. The van der Waals surface area contributed by atoms with E-state index in [0.717, 1.165) is 0 Å². The molecule has 0 aliphatic heterocycles. The van der Waals surface area contributed by atoms with E-state index in [2.05, 4.69) is 10.5 Å². The molecule has 0 saturated heterocycles. The number of amides is 1. The smallest absolute Gasteiger partial charge is 0.397 e. The Kier molecular flexibility index (Phi) is 4.16. The lowest BCUT2D eigenvalue weighted by Crippen LogP contribution is -2.60. The number of rotatable bonds is 5. The van der Waals surface area contributed by atoms with Crippen LogP contribution in [-0.2, 0) is 9.53 Å². The van der Waals surface area contributed by atoms with Crippen LogP contribution >= 0.6 is 0 Å². The van der Waals surface area contributed by atoms with Crippen molar-refractivity contribution in [1.82, 2.24) is 0 Å². The van der Waals surface area contributed by atoms with E-state index in [9.17, 15) is 44.3 Å². The average Bonchev–Trinajstić information content (AvgIpc) is 2.15. The Hall–Kier alpha value is -1.62. The molecular formula is C6H2F9NO2. The van der Waals surface area contributed by atoms with Crippen molar-refractivity contribution < 1.29 is 49.0 Å². The number of halogens is 9. The van der Waals surface area contributed by atoms with Crippen LogP contribution in [0.2, 0.25) is 0 Å². The Morgan fingerprint density at radius 1 is 0.944 bits per heavy atom. The molecule has 0 spiro atoms. The Morgan fingerprint density at radius 2 is 1.33 bits per heavy atom. The van der Waals surface area contributed by atoms with E-state index >= 15 is 0 Å². The fraction of sp³-hybridized carbons (Fsp3) is 0.500. The maximum absolute atomic E-state index is 12.5. The summed E-state index contributed by atoms with van der Waals surface area (Å²) in [7, 11) is 0. The maximum Gasteiger partial charge on any atom is 0.473 e. The Bertz CT molecular complexity index is 373. The van der Waals surface area contributed by atoms with Gasteiger partial charge in [0.05, 0.1) is 0 Å². The molecule has 1 amide bonds. The first-order chi connectivity index (χ1) is 7.77. The topological polar surface area (TPSA) is 52.3 Å². The molecule has 106 valence electrons. The summed E-state index contributed by atoms with van der Waals surface area (Å²) in [4.78, 5) is 9.88. The molecular weight excluding hydrogens is 289 g/mol. The molecule has 0 aromatic heterocycles. The lowest BCUT2D eigenvalue weighted by atomic mass is 10.1. The van der Waals surface area contributed by atoms with Crippen molar-refractivity contribution in [1.29, 1.82) is 0 Å². The summed E-state index contributed by atoms with van der Waals surface area (Å²) in [5, 5.41) is 0. The number of hydrogen-bond acceptors (Lipinski definition) is 2. The molecule has 0 aliphatic rings. The van der Waals surface area contributed by atoms with Crippen LogP contribution < -0.4 is 5.73 Å². The Balaban J connectivity index is 5.47. The second-order valence-corrected chi connectivity index (χ2v) is 2.67. The lowest BCUT2D eigenvalue weighted by Gasteiger charge is -2.29. The highest BCUT2D eigenvalue weighted by Gasteiger charge is 2.77. The molecule has 0 aromatic rings. The van der Waals surface area contributed by atoms with Crippen LogP contribution in [0.25, 0.3) is 0 Å². The largest absolute Gasteiger partial charge is 0.473 e. The summed E-state index contributed by atoms with van der Waals surface area (Å²) in [5.74, 6) is -16.0. The number of hydrogen-bond donors (Lipinski definition) is 1. The van der Waals surface area contributed by atoms with Crippen LogP contribution in [0, 0.1) is 0 Å². The Morgan fingerprint density at radius 3 is 1.61 bits per heavy atom. The van der Waals surface area contributed by atoms with Gasteiger partial charge in [0.15, 0.2) is 0 Å². The van der Waals surface area contributed by atoms with Crippen LogP contribution in [0.5, 0.6) is 0 Å². The van der Waals surface area contributed by atoms with Crippen molar-refractivity contribution in [2.45, 2.75) is 18.0 Å². The summed E-state index contributed by atoms with van der Waals surface area (Å²) in [6.45, 7) is 0. The van der Waals surface area contributed by atoms with Gasteiger partial charge in [-0.25, -0.2) is 0 Å². The van der Waals surface area contributed by atoms with E-state index in [1.54, 1.807) is 0 Å². The monoisotopic (exact) mass is 291 g/mol. The van der Waals surface area contributed by atoms with Gasteiger partial charge in [-0.15, -0.1) is 0 Å². The van der Waals surface area contributed by atoms with Gasteiger partial charge in [0.25, 0.3) is 5.91 Å². The highest BCUT2D eigenvalue weighted by molar-refractivity contribution is 5.83. The summed E-state index contributed by atoms with van der Waals surface area (Å²) in [5.41, 5.74) is 3.73. The minimum atomic E-state index is -6.64. The van der Waals surface area contributed by atoms with Gasteiger partial charge >= 0.3 is 30.0 Å². The average molecular weight is 291 g/mol. The summed E-state index contributed by atoms with van der Waals surface area (Å²) >= 11 is 0. The molecule has 0 saturated carbocycles. The second-order valence-electron chi connectivity index (χ2n) is 2.67. The van der Waals surface area contributed by atoms with Crippen LogP contribution in [0.15, 0.2) is 12.1 Å².